The lowest BCUT2D eigenvalue weighted by molar-refractivity contribution is 0.530. The van der Waals surface area contributed by atoms with Crippen LogP contribution in [0.15, 0.2) is 47.1 Å². The summed E-state index contributed by atoms with van der Waals surface area (Å²) in [5.74, 6) is 2.82. The highest BCUT2D eigenvalue weighted by molar-refractivity contribution is 7.97. The maximum Gasteiger partial charge on any atom is 0.113 e. The van der Waals surface area contributed by atoms with Crippen molar-refractivity contribution >= 4 is 11.8 Å². The van der Waals surface area contributed by atoms with E-state index in [0.29, 0.717) is 5.56 Å². The highest BCUT2D eigenvalue weighted by atomic mass is 32.2. The van der Waals surface area contributed by atoms with Gasteiger partial charge in [0.1, 0.15) is 5.76 Å². The molecule has 0 bridgehead atoms. The molecule has 2 nitrogen and oxygen atoms in total. The minimum absolute atomic E-state index is 0.708. The third-order valence-corrected chi connectivity index (χ3v) is 3.20. The summed E-state index contributed by atoms with van der Waals surface area (Å²) in [6, 6.07) is 13.7. The van der Waals surface area contributed by atoms with E-state index in [9.17, 15) is 0 Å². The molecule has 2 aromatic rings. The second kappa shape index (κ2) is 5.43. The molecule has 0 radical (unpaired) electrons. The molecule has 1 aromatic carbocycles. The van der Waals surface area contributed by atoms with Gasteiger partial charge in [-0.15, -0.1) is 11.8 Å². The molecule has 0 aliphatic rings. The van der Waals surface area contributed by atoms with E-state index in [2.05, 4.69) is 6.07 Å². The predicted molar refractivity (Wildman–Crippen MR) is 64.9 cm³/mol. The molecule has 0 aliphatic heterocycles. The summed E-state index contributed by atoms with van der Waals surface area (Å²) in [6.45, 7) is 0. The molecule has 0 spiro atoms. The van der Waals surface area contributed by atoms with E-state index in [-0.39, 0.29) is 0 Å². The van der Waals surface area contributed by atoms with Crippen molar-refractivity contribution in [3.05, 3.63) is 59.5 Å². The topological polar surface area (TPSA) is 36.9 Å². The third kappa shape index (κ3) is 2.91. The number of nitriles is 1. The van der Waals surface area contributed by atoms with Gasteiger partial charge in [0.15, 0.2) is 0 Å². The van der Waals surface area contributed by atoms with Gasteiger partial charge in [-0.25, -0.2) is 0 Å². The maximum absolute atomic E-state index is 8.66. The van der Waals surface area contributed by atoms with Crippen LogP contribution in [0.5, 0.6) is 0 Å². The van der Waals surface area contributed by atoms with Crippen LogP contribution < -0.4 is 0 Å². The number of nitrogens with zero attached hydrogens (tertiary/aromatic N) is 1. The SMILES string of the molecule is N#Cc1ccc(CSCc2ccco2)cc1. The van der Waals surface area contributed by atoms with E-state index in [1.807, 2.05) is 36.4 Å². The van der Waals surface area contributed by atoms with E-state index in [1.165, 1.54) is 5.56 Å². The van der Waals surface area contributed by atoms with Crippen LogP contribution in [0.3, 0.4) is 0 Å². The van der Waals surface area contributed by atoms with Gasteiger partial charge in [-0.3, -0.25) is 0 Å². The lowest BCUT2D eigenvalue weighted by Crippen LogP contribution is -1.82. The first kappa shape index (κ1) is 10.8. The Hall–Kier alpha value is -1.66. The van der Waals surface area contributed by atoms with Gasteiger partial charge in [-0.2, -0.15) is 5.26 Å². The highest BCUT2D eigenvalue weighted by Gasteiger charge is 1.98. The minimum Gasteiger partial charge on any atom is -0.468 e. The van der Waals surface area contributed by atoms with Crippen LogP contribution in [-0.4, -0.2) is 0 Å². The molecule has 80 valence electrons. The molecular weight excluding hydrogens is 218 g/mol. The monoisotopic (exact) mass is 229 g/mol. The van der Waals surface area contributed by atoms with Gasteiger partial charge >= 0.3 is 0 Å². The first-order chi connectivity index (χ1) is 7.88. The van der Waals surface area contributed by atoms with E-state index >= 15 is 0 Å². The Balaban J connectivity index is 1.83. The number of rotatable bonds is 4. The molecule has 0 saturated carbocycles. The van der Waals surface area contributed by atoms with E-state index in [4.69, 9.17) is 9.68 Å². The summed E-state index contributed by atoms with van der Waals surface area (Å²) < 4.78 is 5.24. The Bertz CT molecular complexity index is 468. The van der Waals surface area contributed by atoms with Crippen molar-refractivity contribution in [3.63, 3.8) is 0 Å². The molecule has 16 heavy (non-hydrogen) atoms. The fourth-order valence-electron chi connectivity index (χ4n) is 1.34. The maximum atomic E-state index is 8.66. The Labute approximate surface area is 98.9 Å². The summed E-state index contributed by atoms with van der Waals surface area (Å²) in [5.41, 5.74) is 1.94. The van der Waals surface area contributed by atoms with E-state index < -0.39 is 0 Å². The molecule has 0 unspecified atom stereocenters. The van der Waals surface area contributed by atoms with Crippen LogP contribution in [0.2, 0.25) is 0 Å². The van der Waals surface area contributed by atoms with Gasteiger partial charge < -0.3 is 4.42 Å². The standard InChI is InChI=1S/C13H11NOS/c14-8-11-3-5-12(6-4-11)9-16-10-13-2-1-7-15-13/h1-7H,9-10H2. The third-order valence-electron chi connectivity index (χ3n) is 2.18. The number of hydrogen-bond donors (Lipinski definition) is 0. The van der Waals surface area contributed by atoms with Crippen LogP contribution in [0.1, 0.15) is 16.9 Å². The Morgan fingerprint density at radius 3 is 2.56 bits per heavy atom. The van der Waals surface area contributed by atoms with Crippen molar-refractivity contribution in [2.75, 3.05) is 0 Å². The molecule has 0 amide bonds. The summed E-state index contributed by atoms with van der Waals surface area (Å²) in [5, 5.41) is 8.66. The second-order valence-corrected chi connectivity index (χ2v) is 4.37. The summed E-state index contributed by atoms with van der Waals surface area (Å²) in [7, 11) is 0. The molecule has 2 rings (SSSR count). The van der Waals surface area contributed by atoms with E-state index in [1.54, 1.807) is 18.0 Å². The lowest BCUT2D eigenvalue weighted by Gasteiger charge is -2.00. The zero-order chi connectivity index (χ0) is 11.2. The fraction of sp³-hybridized carbons (Fsp3) is 0.154. The number of hydrogen-bond acceptors (Lipinski definition) is 3. The smallest absolute Gasteiger partial charge is 0.113 e. The van der Waals surface area contributed by atoms with Crippen molar-refractivity contribution in [3.8, 4) is 6.07 Å². The Kier molecular flexibility index (Phi) is 3.68. The van der Waals surface area contributed by atoms with Crippen molar-refractivity contribution in [1.29, 1.82) is 5.26 Å². The molecule has 3 heteroatoms. The quantitative estimate of drug-likeness (QED) is 0.804. The predicted octanol–water partition coefficient (Wildman–Crippen LogP) is 3.58. The van der Waals surface area contributed by atoms with Crippen LogP contribution >= 0.6 is 11.8 Å². The normalized spacial score (nSPS) is 9.94. The van der Waals surface area contributed by atoms with Crippen LogP contribution in [0.25, 0.3) is 0 Å². The van der Waals surface area contributed by atoms with E-state index in [0.717, 1.165) is 17.3 Å². The van der Waals surface area contributed by atoms with Gasteiger partial charge in [0, 0.05) is 5.75 Å². The summed E-state index contributed by atoms with van der Waals surface area (Å²) in [4.78, 5) is 0. The largest absolute Gasteiger partial charge is 0.468 e. The lowest BCUT2D eigenvalue weighted by atomic mass is 10.2. The number of benzene rings is 1. The number of furan rings is 1. The average Bonchev–Trinajstić information content (AvgIpc) is 2.83. The number of thioether (sulfide) groups is 1. The Morgan fingerprint density at radius 1 is 1.12 bits per heavy atom. The molecule has 1 aromatic heterocycles. The molecule has 0 N–H and O–H groups in total. The summed E-state index contributed by atoms with van der Waals surface area (Å²) >= 11 is 1.80. The Morgan fingerprint density at radius 2 is 1.94 bits per heavy atom. The molecule has 0 saturated heterocycles. The average molecular weight is 229 g/mol. The van der Waals surface area contributed by atoms with Gasteiger partial charge in [0.25, 0.3) is 0 Å². The van der Waals surface area contributed by atoms with Gasteiger partial charge in [0.05, 0.1) is 23.6 Å². The van der Waals surface area contributed by atoms with Crippen LogP contribution in [0, 0.1) is 11.3 Å². The summed E-state index contributed by atoms with van der Waals surface area (Å²) in [6.07, 6.45) is 1.69. The van der Waals surface area contributed by atoms with Crippen molar-refractivity contribution < 1.29 is 4.42 Å². The zero-order valence-electron chi connectivity index (χ0n) is 8.72. The van der Waals surface area contributed by atoms with Gasteiger partial charge in [-0.1, -0.05) is 12.1 Å². The molecule has 0 aliphatic carbocycles. The highest BCUT2D eigenvalue weighted by Crippen LogP contribution is 2.18. The van der Waals surface area contributed by atoms with Crippen molar-refractivity contribution in [2.45, 2.75) is 11.5 Å². The van der Waals surface area contributed by atoms with Gasteiger partial charge in [0.2, 0.25) is 0 Å². The first-order valence-electron chi connectivity index (χ1n) is 4.97. The fourth-order valence-corrected chi connectivity index (χ4v) is 2.24. The van der Waals surface area contributed by atoms with Crippen LogP contribution in [0.4, 0.5) is 0 Å². The second-order valence-electron chi connectivity index (χ2n) is 3.38. The molecule has 0 atom stereocenters. The minimum atomic E-state index is 0.708. The van der Waals surface area contributed by atoms with Crippen LogP contribution in [-0.2, 0) is 11.5 Å². The molecule has 0 fully saturated rings. The zero-order valence-corrected chi connectivity index (χ0v) is 9.54. The van der Waals surface area contributed by atoms with Crippen molar-refractivity contribution in [2.24, 2.45) is 0 Å². The van der Waals surface area contributed by atoms with Crippen molar-refractivity contribution in [1.82, 2.24) is 0 Å². The molecule has 1 heterocycles. The van der Waals surface area contributed by atoms with Gasteiger partial charge in [-0.05, 0) is 29.8 Å². The molecular formula is C13H11NOS. The first-order valence-corrected chi connectivity index (χ1v) is 6.13.